The number of aromatic hydroxyl groups is 1. The van der Waals surface area contributed by atoms with E-state index in [4.69, 9.17) is 52.4 Å². The Bertz CT molecular complexity index is 1840. The van der Waals surface area contributed by atoms with E-state index < -0.39 is 6.10 Å². The number of fused-ring (bicyclic) bond motifs is 3. The van der Waals surface area contributed by atoms with E-state index in [0.29, 0.717) is 30.4 Å². The van der Waals surface area contributed by atoms with Crippen molar-refractivity contribution in [1.29, 1.82) is 0 Å². The van der Waals surface area contributed by atoms with Gasteiger partial charge >= 0.3 is 0 Å². The molecule has 0 spiro atoms. The number of benzene rings is 6. The second kappa shape index (κ2) is 20.4. The number of aliphatic hydroxyl groups excluding tert-OH is 2. The summed E-state index contributed by atoms with van der Waals surface area (Å²) < 4.78 is 20.9. The van der Waals surface area contributed by atoms with Crippen LogP contribution in [-0.4, -0.2) is 78.9 Å². The van der Waals surface area contributed by atoms with Crippen LogP contribution in [0, 0.1) is 0 Å². The van der Waals surface area contributed by atoms with Gasteiger partial charge in [-0.05, 0) is 68.7 Å². The lowest BCUT2D eigenvalue weighted by atomic mass is 10.1. The molecule has 6 aromatic carbocycles. The third-order valence-corrected chi connectivity index (χ3v) is 7.91. The van der Waals surface area contributed by atoms with E-state index in [1.165, 1.54) is 16.2 Å². The monoisotopic (exact) mass is 704 g/mol. The minimum Gasteiger partial charge on any atom is -0.508 e. The van der Waals surface area contributed by atoms with E-state index in [9.17, 15) is 5.11 Å². The highest BCUT2D eigenvalue weighted by Crippen LogP contribution is 2.23. The lowest BCUT2D eigenvalue weighted by Gasteiger charge is -2.10. The Balaban J connectivity index is 0.000000152. The van der Waals surface area contributed by atoms with Gasteiger partial charge in [0.15, 0.2) is 0 Å². The van der Waals surface area contributed by atoms with Crippen molar-refractivity contribution in [3.8, 4) is 17.2 Å². The van der Waals surface area contributed by atoms with Crippen molar-refractivity contribution >= 4 is 55.5 Å². The quantitative estimate of drug-likeness (QED) is 0.108. The SMILES string of the molecule is CO.ClCC1CO1.OC(CCl)COc1ccc2ccccc2c1.Oc1ccc2ccccc2c1.c1ccc2cc(OCC3CO3)ccc2c1. The fourth-order valence-electron chi connectivity index (χ4n) is 4.44. The van der Waals surface area contributed by atoms with Crippen molar-refractivity contribution < 1.29 is 34.3 Å². The van der Waals surface area contributed by atoms with Crippen LogP contribution in [0.15, 0.2) is 127 Å². The standard InChI is InChI=1S/C13H13ClO2.C13H12O2.C10H8O.C3H5ClO.CH4O/c14-8-12(15)9-16-13-6-5-10-3-1-2-4-11(10)7-13;1-2-4-11-7-12(6-5-10(11)3-1)14-8-13-9-15-13;11-10-6-5-8-3-1-2-4-9(8)7-10;4-1-3-2-5-3;1-2/h1-7,12,15H,8-9H2;1-7,13H,8-9H2;1-7,11H;3H,1-2H2;2H,1H3. The Labute approximate surface area is 297 Å². The molecule has 6 aromatic rings. The lowest BCUT2D eigenvalue weighted by molar-refractivity contribution is 0.125. The molecule has 9 heteroatoms. The average Bonchev–Trinajstić information content (AvgIpc) is 4.10. The third-order valence-electron chi connectivity index (χ3n) is 7.21. The molecule has 0 amide bonds. The summed E-state index contributed by atoms with van der Waals surface area (Å²) in [7, 11) is 1.00. The topological polar surface area (TPSA) is 104 Å². The molecular formula is C40H42Cl2O7. The van der Waals surface area contributed by atoms with Crippen LogP contribution in [0.2, 0.25) is 0 Å². The van der Waals surface area contributed by atoms with Crippen molar-refractivity contribution in [2.24, 2.45) is 0 Å². The second-order valence-corrected chi connectivity index (χ2v) is 11.7. The number of epoxide rings is 2. The van der Waals surface area contributed by atoms with Crippen LogP contribution in [-0.2, 0) is 9.47 Å². The summed E-state index contributed by atoms with van der Waals surface area (Å²) in [6, 6.07) is 41.6. The number of hydrogen-bond acceptors (Lipinski definition) is 7. The van der Waals surface area contributed by atoms with Crippen molar-refractivity contribution in [1.82, 2.24) is 0 Å². The van der Waals surface area contributed by atoms with Gasteiger partial charge in [-0.1, -0.05) is 91.0 Å². The zero-order chi connectivity index (χ0) is 34.8. The van der Waals surface area contributed by atoms with E-state index >= 15 is 0 Å². The molecule has 3 unspecified atom stereocenters. The van der Waals surface area contributed by atoms with Crippen molar-refractivity contribution in [2.75, 3.05) is 45.3 Å². The van der Waals surface area contributed by atoms with Crippen LogP contribution >= 0.6 is 23.2 Å². The van der Waals surface area contributed by atoms with E-state index in [2.05, 4.69) is 24.3 Å². The van der Waals surface area contributed by atoms with E-state index in [1.807, 2.05) is 91.0 Å². The minimum atomic E-state index is -0.617. The largest absolute Gasteiger partial charge is 0.508 e. The first-order chi connectivity index (χ1) is 24.0. The smallest absolute Gasteiger partial charge is 0.120 e. The predicted octanol–water partition coefficient (Wildman–Crippen LogP) is 8.21. The molecule has 2 aliphatic heterocycles. The summed E-state index contributed by atoms with van der Waals surface area (Å²) in [6.07, 6.45) is 0.0984. The Morgan fingerprint density at radius 3 is 1.47 bits per heavy atom. The molecule has 0 aliphatic carbocycles. The van der Waals surface area contributed by atoms with Gasteiger partial charge in [0, 0.05) is 7.11 Å². The summed E-state index contributed by atoms with van der Waals surface area (Å²) in [5, 5.41) is 32.4. The lowest BCUT2D eigenvalue weighted by Crippen LogP contribution is -2.18. The molecule has 7 nitrogen and oxygen atoms in total. The van der Waals surface area contributed by atoms with Gasteiger partial charge in [0.25, 0.3) is 0 Å². The fraction of sp³-hybridized carbons (Fsp3) is 0.250. The fourth-order valence-corrected chi connectivity index (χ4v) is 4.71. The molecule has 8 rings (SSSR count). The molecule has 0 saturated carbocycles. The van der Waals surface area contributed by atoms with E-state index in [1.54, 1.807) is 12.1 Å². The van der Waals surface area contributed by atoms with Crippen LogP contribution in [0.5, 0.6) is 17.2 Å². The molecule has 2 saturated heterocycles. The Kier molecular flexibility index (Phi) is 15.7. The summed E-state index contributed by atoms with van der Waals surface area (Å²) in [5.41, 5.74) is 0. The molecule has 2 heterocycles. The van der Waals surface area contributed by atoms with Crippen LogP contribution in [0.25, 0.3) is 32.3 Å². The van der Waals surface area contributed by atoms with Gasteiger partial charge in [0.05, 0.1) is 31.1 Å². The molecule has 3 atom stereocenters. The first kappa shape index (κ1) is 37.7. The van der Waals surface area contributed by atoms with Gasteiger partial charge in [0.2, 0.25) is 0 Å². The van der Waals surface area contributed by atoms with E-state index in [0.717, 1.165) is 48.0 Å². The van der Waals surface area contributed by atoms with Crippen LogP contribution in [0.4, 0.5) is 0 Å². The van der Waals surface area contributed by atoms with Gasteiger partial charge in [-0.3, -0.25) is 0 Å². The maximum absolute atomic E-state index is 9.28. The first-order valence-electron chi connectivity index (χ1n) is 15.9. The average molecular weight is 706 g/mol. The highest BCUT2D eigenvalue weighted by Gasteiger charge is 2.23. The highest BCUT2D eigenvalue weighted by atomic mass is 35.5. The molecule has 258 valence electrons. The highest BCUT2D eigenvalue weighted by molar-refractivity contribution is 6.18. The van der Waals surface area contributed by atoms with Crippen LogP contribution in [0.1, 0.15) is 0 Å². The van der Waals surface area contributed by atoms with Gasteiger partial charge in [-0.25, -0.2) is 0 Å². The maximum Gasteiger partial charge on any atom is 0.120 e. The Hall–Kier alpha value is -4.08. The number of aliphatic hydroxyl groups is 2. The second-order valence-electron chi connectivity index (χ2n) is 11.0. The number of rotatable bonds is 8. The summed E-state index contributed by atoms with van der Waals surface area (Å²) in [5.74, 6) is 2.85. The first-order valence-corrected chi connectivity index (χ1v) is 17.0. The molecule has 0 radical (unpaired) electrons. The molecule has 0 bridgehead atoms. The number of halogens is 2. The van der Waals surface area contributed by atoms with Gasteiger partial charge in [-0.15, -0.1) is 23.2 Å². The van der Waals surface area contributed by atoms with Crippen LogP contribution in [0.3, 0.4) is 0 Å². The number of phenols is 1. The molecular weight excluding hydrogens is 663 g/mol. The zero-order valence-corrected chi connectivity index (χ0v) is 28.8. The summed E-state index contributed by atoms with van der Waals surface area (Å²) >= 11 is 10.8. The predicted molar refractivity (Wildman–Crippen MR) is 200 cm³/mol. The van der Waals surface area contributed by atoms with Crippen molar-refractivity contribution in [3.05, 3.63) is 127 Å². The van der Waals surface area contributed by atoms with Crippen molar-refractivity contribution in [2.45, 2.75) is 18.3 Å². The van der Waals surface area contributed by atoms with Crippen LogP contribution < -0.4 is 9.47 Å². The minimum absolute atomic E-state index is 0.188. The number of phenolic OH excluding ortho intramolecular Hbond substituents is 1. The van der Waals surface area contributed by atoms with E-state index in [-0.39, 0.29) is 12.5 Å². The third kappa shape index (κ3) is 13.4. The Morgan fingerprint density at radius 1 is 0.612 bits per heavy atom. The number of ether oxygens (including phenoxy) is 4. The molecule has 0 aromatic heterocycles. The number of hydrogen-bond donors (Lipinski definition) is 3. The zero-order valence-electron chi connectivity index (χ0n) is 27.3. The summed E-state index contributed by atoms with van der Waals surface area (Å²) in [6.45, 7) is 2.61. The van der Waals surface area contributed by atoms with Gasteiger partial charge in [0.1, 0.15) is 42.7 Å². The molecule has 3 N–H and O–H groups in total. The van der Waals surface area contributed by atoms with Gasteiger partial charge < -0.3 is 34.3 Å². The number of alkyl halides is 2. The molecule has 2 aliphatic rings. The maximum atomic E-state index is 9.28. The molecule has 49 heavy (non-hydrogen) atoms. The summed E-state index contributed by atoms with van der Waals surface area (Å²) in [4.78, 5) is 0. The van der Waals surface area contributed by atoms with Gasteiger partial charge in [-0.2, -0.15) is 0 Å². The van der Waals surface area contributed by atoms with Crippen molar-refractivity contribution in [3.63, 3.8) is 0 Å². The Morgan fingerprint density at radius 2 is 1.04 bits per heavy atom. The molecule has 2 fully saturated rings. The normalized spacial score (nSPS) is 15.9.